The summed E-state index contributed by atoms with van der Waals surface area (Å²) >= 11 is 0. The molecule has 0 radical (unpaired) electrons. The molecule has 5 heteroatoms. The molecule has 0 saturated carbocycles. The number of carbonyl (C=O) groups excluding carboxylic acids is 2. The highest BCUT2D eigenvalue weighted by Gasteiger charge is 2.14. The number of nitriles is 1. The summed E-state index contributed by atoms with van der Waals surface area (Å²) in [5.74, 6) is -1.99. The molecule has 5 nitrogen and oxygen atoms in total. The molecule has 0 aliphatic rings. The average Bonchev–Trinajstić information content (AvgIpc) is 2.16. The van der Waals surface area contributed by atoms with Crippen LogP contribution in [0.1, 0.15) is 19.3 Å². The largest absolute Gasteiger partial charge is 0.461 e. The van der Waals surface area contributed by atoms with Gasteiger partial charge in [0.05, 0.1) is 19.8 Å². The van der Waals surface area contributed by atoms with Gasteiger partial charge >= 0.3 is 11.9 Å². The number of esters is 2. The normalized spacial score (nSPS) is 8.62. The molecule has 0 heterocycles. The fourth-order valence-electron chi connectivity index (χ4n) is 0.613. The fourth-order valence-corrected chi connectivity index (χ4v) is 0.613. The Morgan fingerprint density at radius 1 is 1.31 bits per heavy atom. The van der Waals surface area contributed by atoms with Crippen molar-refractivity contribution in [3.63, 3.8) is 0 Å². The standard InChI is InChI=1S/C8H11NO4/c1-12-7(10)8(11)13-6-4-2-3-5-9/h2-4,6H2,1H3. The van der Waals surface area contributed by atoms with Crippen molar-refractivity contribution in [3.05, 3.63) is 0 Å². The molecule has 0 aromatic rings. The summed E-state index contributed by atoms with van der Waals surface area (Å²) in [4.78, 5) is 21.1. The van der Waals surface area contributed by atoms with E-state index >= 15 is 0 Å². The molecule has 0 saturated heterocycles. The molecule has 0 spiro atoms. The van der Waals surface area contributed by atoms with Crippen LogP contribution in [0.25, 0.3) is 0 Å². The summed E-state index contributed by atoms with van der Waals surface area (Å²) < 4.78 is 8.64. The summed E-state index contributed by atoms with van der Waals surface area (Å²) in [6, 6.07) is 1.96. The van der Waals surface area contributed by atoms with E-state index in [1.54, 1.807) is 0 Å². The first-order valence-electron chi connectivity index (χ1n) is 3.84. The van der Waals surface area contributed by atoms with Crippen LogP contribution in [0.5, 0.6) is 0 Å². The Balaban J connectivity index is 3.38. The molecule has 0 amide bonds. The molecule has 72 valence electrons. The van der Waals surface area contributed by atoms with Crippen LogP contribution in [-0.4, -0.2) is 25.7 Å². The number of ether oxygens (including phenoxy) is 2. The lowest BCUT2D eigenvalue weighted by Gasteiger charge is -2.00. The van der Waals surface area contributed by atoms with Gasteiger partial charge in [0, 0.05) is 6.42 Å². The molecule has 0 atom stereocenters. The third-order valence-electron chi connectivity index (χ3n) is 1.27. The third-order valence-corrected chi connectivity index (χ3v) is 1.27. The second-order valence-electron chi connectivity index (χ2n) is 2.24. The summed E-state index contributed by atoms with van der Waals surface area (Å²) in [7, 11) is 1.11. The minimum absolute atomic E-state index is 0.148. The van der Waals surface area contributed by atoms with Gasteiger partial charge in [-0.05, 0) is 12.8 Å². The molecule has 0 aromatic carbocycles. The number of rotatable bonds is 4. The number of hydrogen-bond donors (Lipinski definition) is 0. The van der Waals surface area contributed by atoms with Crippen LogP contribution < -0.4 is 0 Å². The lowest BCUT2D eigenvalue weighted by molar-refractivity contribution is -0.165. The second-order valence-corrected chi connectivity index (χ2v) is 2.24. The Morgan fingerprint density at radius 2 is 2.00 bits per heavy atom. The maximum atomic E-state index is 10.6. The number of hydrogen-bond acceptors (Lipinski definition) is 5. The molecular formula is C8H11NO4. The first-order chi connectivity index (χ1) is 6.22. The first kappa shape index (κ1) is 11.4. The van der Waals surface area contributed by atoms with E-state index in [1.807, 2.05) is 6.07 Å². The zero-order chi connectivity index (χ0) is 10.1. The van der Waals surface area contributed by atoms with Crippen LogP contribution in [0.3, 0.4) is 0 Å². The lowest BCUT2D eigenvalue weighted by Crippen LogP contribution is -2.19. The van der Waals surface area contributed by atoms with Gasteiger partial charge in [0.2, 0.25) is 0 Å². The van der Waals surface area contributed by atoms with Crippen molar-refractivity contribution >= 4 is 11.9 Å². The molecule has 0 aromatic heterocycles. The van der Waals surface area contributed by atoms with Crippen LogP contribution >= 0.6 is 0 Å². The zero-order valence-corrected chi connectivity index (χ0v) is 7.41. The van der Waals surface area contributed by atoms with Gasteiger partial charge in [0.1, 0.15) is 0 Å². The van der Waals surface area contributed by atoms with Gasteiger partial charge in [0.15, 0.2) is 0 Å². The van der Waals surface area contributed by atoms with E-state index < -0.39 is 11.9 Å². The topological polar surface area (TPSA) is 76.4 Å². The number of unbranched alkanes of at least 4 members (excludes halogenated alkanes) is 2. The van der Waals surface area contributed by atoms with Crippen molar-refractivity contribution in [1.29, 1.82) is 5.26 Å². The molecule has 0 N–H and O–H groups in total. The Labute approximate surface area is 76.2 Å². The SMILES string of the molecule is COC(=O)C(=O)OCCCCC#N. The fraction of sp³-hybridized carbons (Fsp3) is 0.625. The minimum atomic E-state index is -1.000. The molecular weight excluding hydrogens is 174 g/mol. The zero-order valence-electron chi connectivity index (χ0n) is 7.41. The van der Waals surface area contributed by atoms with E-state index in [1.165, 1.54) is 0 Å². The Kier molecular flexibility index (Phi) is 6.24. The summed E-state index contributed by atoms with van der Waals surface area (Å²) in [6.07, 6.45) is 1.66. The van der Waals surface area contributed by atoms with Gasteiger partial charge in [-0.3, -0.25) is 0 Å². The highest BCUT2D eigenvalue weighted by atomic mass is 16.6. The summed E-state index contributed by atoms with van der Waals surface area (Å²) in [6.45, 7) is 0.148. The maximum Gasteiger partial charge on any atom is 0.417 e. The van der Waals surface area contributed by atoms with Crippen LogP contribution in [-0.2, 0) is 19.1 Å². The van der Waals surface area contributed by atoms with E-state index in [2.05, 4.69) is 9.47 Å². The van der Waals surface area contributed by atoms with Crippen molar-refractivity contribution in [1.82, 2.24) is 0 Å². The summed E-state index contributed by atoms with van der Waals surface area (Å²) in [5, 5.41) is 8.17. The molecule has 0 unspecified atom stereocenters. The van der Waals surface area contributed by atoms with Gasteiger partial charge in [-0.15, -0.1) is 0 Å². The smallest absolute Gasteiger partial charge is 0.417 e. The van der Waals surface area contributed by atoms with E-state index in [0.29, 0.717) is 19.3 Å². The Morgan fingerprint density at radius 3 is 2.54 bits per heavy atom. The van der Waals surface area contributed by atoms with Crippen molar-refractivity contribution in [2.75, 3.05) is 13.7 Å². The molecule has 0 aliphatic carbocycles. The van der Waals surface area contributed by atoms with Gasteiger partial charge in [-0.1, -0.05) is 0 Å². The Hall–Kier alpha value is -1.57. The molecule has 0 bridgehead atoms. The van der Waals surface area contributed by atoms with E-state index in [4.69, 9.17) is 5.26 Å². The highest BCUT2D eigenvalue weighted by Crippen LogP contribution is 1.94. The van der Waals surface area contributed by atoms with Crippen molar-refractivity contribution in [2.24, 2.45) is 0 Å². The van der Waals surface area contributed by atoms with Crippen molar-refractivity contribution < 1.29 is 19.1 Å². The van der Waals surface area contributed by atoms with E-state index in [9.17, 15) is 9.59 Å². The van der Waals surface area contributed by atoms with Gasteiger partial charge < -0.3 is 9.47 Å². The summed E-state index contributed by atoms with van der Waals surface area (Å²) in [5.41, 5.74) is 0. The maximum absolute atomic E-state index is 10.6. The first-order valence-corrected chi connectivity index (χ1v) is 3.84. The second kappa shape index (κ2) is 7.10. The van der Waals surface area contributed by atoms with E-state index in [0.717, 1.165) is 7.11 Å². The monoisotopic (exact) mass is 185 g/mol. The molecule has 13 heavy (non-hydrogen) atoms. The highest BCUT2D eigenvalue weighted by molar-refractivity contribution is 6.29. The van der Waals surface area contributed by atoms with E-state index in [-0.39, 0.29) is 6.61 Å². The molecule has 0 fully saturated rings. The van der Waals surface area contributed by atoms with Crippen LogP contribution in [0.2, 0.25) is 0 Å². The van der Waals surface area contributed by atoms with Crippen molar-refractivity contribution in [3.8, 4) is 6.07 Å². The molecule has 0 rings (SSSR count). The predicted octanol–water partition coefficient (Wildman–Crippen LogP) is 0.396. The number of nitrogens with zero attached hydrogens (tertiary/aromatic N) is 1. The average molecular weight is 185 g/mol. The van der Waals surface area contributed by atoms with Crippen LogP contribution in [0.4, 0.5) is 0 Å². The predicted molar refractivity (Wildman–Crippen MR) is 42.4 cm³/mol. The molecule has 0 aliphatic heterocycles. The third kappa shape index (κ3) is 5.67. The van der Waals surface area contributed by atoms with Crippen LogP contribution in [0, 0.1) is 11.3 Å². The number of carbonyl (C=O) groups is 2. The lowest BCUT2D eigenvalue weighted by atomic mass is 10.3. The Bertz CT molecular complexity index is 219. The number of methoxy groups -OCH3 is 1. The van der Waals surface area contributed by atoms with Gasteiger partial charge in [-0.25, -0.2) is 9.59 Å². The van der Waals surface area contributed by atoms with Gasteiger partial charge in [-0.2, -0.15) is 5.26 Å². The van der Waals surface area contributed by atoms with Crippen molar-refractivity contribution in [2.45, 2.75) is 19.3 Å². The minimum Gasteiger partial charge on any atom is -0.461 e. The quantitative estimate of drug-likeness (QED) is 0.360. The van der Waals surface area contributed by atoms with Gasteiger partial charge in [0.25, 0.3) is 0 Å². The van der Waals surface area contributed by atoms with Crippen LogP contribution in [0.15, 0.2) is 0 Å².